The monoisotopic (exact) mass is 199 g/mol. The van der Waals surface area contributed by atoms with Gasteiger partial charge in [0, 0.05) is 5.92 Å². The van der Waals surface area contributed by atoms with Crippen molar-refractivity contribution < 1.29 is 17.6 Å². The average molecular weight is 199 g/mol. The second-order valence-electron chi connectivity index (χ2n) is 3.58. The molecule has 1 fully saturated rings. The highest BCUT2D eigenvalue weighted by Crippen LogP contribution is 2.32. The number of hydrogen-bond donors (Lipinski definition) is 0. The van der Waals surface area contributed by atoms with Crippen LogP contribution in [0.4, 0.5) is 17.6 Å². The van der Waals surface area contributed by atoms with Crippen molar-refractivity contribution in [2.75, 3.05) is 19.6 Å². The molecule has 1 nitrogen and oxygen atoms in total. The van der Waals surface area contributed by atoms with Crippen molar-refractivity contribution in [3.05, 3.63) is 0 Å². The van der Waals surface area contributed by atoms with E-state index in [2.05, 4.69) is 0 Å². The number of rotatable bonds is 2. The maximum absolute atomic E-state index is 13.0. The Balaban J connectivity index is 2.46. The highest BCUT2D eigenvalue weighted by atomic mass is 19.3. The Kier molecular flexibility index (Phi) is 3.16. The Morgan fingerprint density at radius 2 is 2.08 bits per heavy atom. The van der Waals surface area contributed by atoms with E-state index in [9.17, 15) is 17.6 Å². The van der Waals surface area contributed by atoms with Gasteiger partial charge in [-0.1, -0.05) is 6.92 Å². The van der Waals surface area contributed by atoms with Gasteiger partial charge in [0.05, 0.1) is 13.1 Å². The Bertz CT molecular complexity index is 172. The van der Waals surface area contributed by atoms with Gasteiger partial charge >= 0.3 is 0 Å². The SMILES string of the molecule is CC1CCN(CC(F)F)CC1(F)F. The first-order valence-electron chi connectivity index (χ1n) is 4.30. The highest BCUT2D eigenvalue weighted by molar-refractivity contribution is 4.84. The van der Waals surface area contributed by atoms with E-state index in [0.717, 1.165) is 4.90 Å². The van der Waals surface area contributed by atoms with Gasteiger partial charge in [-0.2, -0.15) is 0 Å². The number of piperidine rings is 1. The van der Waals surface area contributed by atoms with Gasteiger partial charge in [-0.05, 0) is 13.0 Å². The number of likely N-dealkylation sites (tertiary alicyclic amines) is 1. The van der Waals surface area contributed by atoms with E-state index < -0.39 is 31.4 Å². The van der Waals surface area contributed by atoms with E-state index >= 15 is 0 Å². The lowest BCUT2D eigenvalue weighted by molar-refractivity contribution is -0.111. The zero-order valence-corrected chi connectivity index (χ0v) is 7.44. The van der Waals surface area contributed by atoms with Crippen LogP contribution in [0, 0.1) is 5.92 Å². The third kappa shape index (κ3) is 2.83. The quantitative estimate of drug-likeness (QED) is 0.616. The normalized spacial score (nSPS) is 29.5. The Labute approximate surface area is 74.7 Å². The van der Waals surface area contributed by atoms with Crippen molar-refractivity contribution in [3.8, 4) is 0 Å². The van der Waals surface area contributed by atoms with Gasteiger partial charge in [0.2, 0.25) is 0 Å². The molecule has 0 aromatic carbocycles. The van der Waals surface area contributed by atoms with E-state index in [1.165, 1.54) is 6.92 Å². The van der Waals surface area contributed by atoms with Crippen LogP contribution >= 0.6 is 0 Å². The molecule has 0 amide bonds. The van der Waals surface area contributed by atoms with Crippen molar-refractivity contribution in [2.24, 2.45) is 5.92 Å². The molecule has 5 heteroatoms. The first-order valence-corrected chi connectivity index (χ1v) is 4.30. The van der Waals surface area contributed by atoms with Gasteiger partial charge in [-0.15, -0.1) is 0 Å². The summed E-state index contributed by atoms with van der Waals surface area (Å²) in [6, 6.07) is 0. The van der Waals surface area contributed by atoms with Crippen LogP contribution in [0.1, 0.15) is 13.3 Å². The van der Waals surface area contributed by atoms with Crippen molar-refractivity contribution in [1.29, 1.82) is 0 Å². The summed E-state index contributed by atoms with van der Waals surface area (Å²) >= 11 is 0. The van der Waals surface area contributed by atoms with Gasteiger partial charge in [-0.25, -0.2) is 17.6 Å². The largest absolute Gasteiger partial charge is 0.292 e. The Morgan fingerprint density at radius 3 is 2.54 bits per heavy atom. The van der Waals surface area contributed by atoms with Crippen LogP contribution in [0.5, 0.6) is 0 Å². The second-order valence-corrected chi connectivity index (χ2v) is 3.58. The molecule has 0 saturated carbocycles. The molecule has 1 aliphatic rings. The Morgan fingerprint density at radius 1 is 1.46 bits per heavy atom. The first kappa shape index (κ1) is 10.8. The van der Waals surface area contributed by atoms with Crippen LogP contribution in [-0.4, -0.2) is 36.9 Å². The second kappa shape index (κ2) is 3.82. The van der Waals surface area contributed by atoms with E-state index in [4.69, 9.17) is 0 Å². The number of hydrogen-bond acceptors (Lipinski definition) is 1. The maximum Gasteiger partial charge on any atom is 0.263 e. The molecule has 1 heterocycles. The van der Waals surface area contributed by atoms with Gasteiger partial charge < -0.3 is 0 Å². The number of nitrogens with zero attached hydrogens (tertiary/aromatic N) is 1. The van der Waals surface area contributed by atoms with Gasteiger partial charge in [-0.3, -0.25) is 4.90 Å². The summed E-state index contributed by atoms with van der Waals surface area (Å²) < 4.78 is 49.8. The lowest BCUT2D eigenvalue weighted by atomic mass is 9.95. The van der Waals surface area contributed by atoms with Crippen LogP contribution < -0.4 is 0 Å². The summed E-state index contributed by atoms with van der Waals surface area (Å²) in [7, 11) is 0. The van der Waals surface area contributed by atoms with Crippen LogP contribution in [0.25, 0.3) is 0 Å². The molecule has 0 aromatic heterocycles. The fourth-order valence-corrected chi connectivity index (χ4v) is 1.47. The molecule has 78 valence electrons. The van der Waals surface area contributed by atoms with Crippen molar-refractivity contribution in [2.45, 2.75) is 25.7 Å². The zero-order chi connectivity index (χ0) is 10.1. The smallest absolute Gasteiger partial charge is 0.263 e. The fraction of sp³-hybridized carbons (Fsp3) is 1.00. The molecule has 1 rings (SSSR count). The maximum atomic E-state index is 13.0. The van der Waals surface area contributed by atoms with Crippen molar-refractivity contribution in [3.63, 3.8) is 0 Å². The molecule has 0 N–H and O–H groups in total. The van der Waals surface area contributed by atoms with Crippen molar-refractivity contribution in [1.82, 2.24) is 4.90 Å². The number of halogens is 4. The average Bonchev–Trinajstić information content (AvgIpc) is 1.95. The molecule has 1 saturated heterocycles. The highest BCUT2D eigenvalue weighted by Gasteiger charge is 2.41. The summed E-state index contributed by atoms with van der Waals surface area (Å²) in [4.78, 5) is 1.13. The van der Waals surface area contributed by atoms with Gasteiger partial charge in [0.1, 0.15) is 0 Å². The molecule has 1 unspecified atom stereocenters. The topological polar surface area (TPSA) is 3.24 Å². The summed E-state index contributed by atoms with van der Waals surface area (Å²) in [5, 5.41) is 0. The van der Waals surface area contributed by atoms with E-state index in [-0.39, 0.29) is 0 Å². The van der Waals surface area contributed by atoms with Gasteiger partial charge in [0.15, 0.2) is 0 Å². The fourth-order valence-electron chi connectivity index (χ4n) is 1.47. The predicted octanol–water partition coefficient (Wildman–Crippen LogP) is 2.23. The summed E-state index contributed by atoms with van der Waals surface area (Å²) in [5.41, 5.74) is 0. The zero-order valence-electron chi connectivity index (χ0n) is 7.44. The van der Waals surface area contributed by atoms with Crippen LogP contribution in [0.3, 0.4) is 0 Å². The molecular formula is C8H13F4N. The lowest BCUT2D eigenvalue weighted by Gasteiger charge is -2.36. The van der Waals surface area contributed by atoms with Crippen molar-refractivity contribution >= 4 is 0 Å². The molecule has 0 aliphatic carbocycles. The van der Waals surface area contributed by atoms with Crippen LogP contribution in [0.15, 0.2) is 0 Å². The summed E-state index contributed by atoms with van der Waals surface area (Å²) in [5.74, 6) is -3.51. The minimum Gasteiger partial charge on any atom is -0.292 e. The van der Waals surface area contributed by atoms with E-state index in [0.29, 0.717) is 13.0 Å². The summed E-state index contributed by atoms with van der Waals surface area (Å²) in [6.45, 7) is 0.738. The minimum absolute atomic E-state index is 0.291. The molecule has 0 spiro atoms. The lowest BCUT2D eigenvalue weighted by Crippen LogP contribution is -2.48. The third-order valence-corrected chi connectivity index (χ3v) is 2.43. The van der Waals surface area contributed by atoms with Gasteiger partial charge in [0.25, 0.3) is 12.3 Å². The first-order chi connectivity index (χ1) is 5.92. The Hall–Kier alpha value is -0.320. The number of alkyl halides is 4. The molecule has 0 radical (unpaired) electrons. The van der Waals surface area contributed by atoms with E-state index in [1.807, 2.05) is 0 Å². The molecule has 1 aliphatic heterocycles. The standard InChI is InChI=1S/C8H13F4N/c1-6-2-3-13(4-7(9)10)5-8(6,11)12/h6-7H,2-5H2,1H3. The molecule has 0 aromatic rings. The molecular weight excluding hydrogens is 186 g/mol. The minimum atomic E-state index is -2.81. The molecule has 1 atom stereocenters. The third-order valence-electron chi connectivity index (χ3n) is 2.43. The van der Waals surface area contributed by atoms with E-state index in [1.54, 1.807) is 0 Å². The van der Waals surface area contributed by atoms with Crippen LogP contribution in [-0.2, 0) is 0 Å². The molecule has 13 heavy (non-hydrogen) atoms. The van der Waals surface area contributed by atoms with Crippen LogP contribution in [0.2, 0.25) is 0 Å². The predicted molar refractivity (Wildman–Crippen MR) is 41.2 cm³/mol. The summed E-state index contributed by atoms with van der Waals surface area (Å²) in [6.07, 6.45) is -2.23. The molecule has 0 bridgehead atoms.